The zero-order valence-corrected chi connectivity index (χ0v) is 23.7. The van der Waals surface area contributed by atoms with Gasteiger partial charge in [0.1, 0.15) is 16.7 Å². The molecule has 4 rings (SSSR count). The van der Waals surface area contributed by atoms with Crippen LogP contribution in [0.25, 0.3) is 0 Å². The molecule has 39 heavy (non-hydrogen) atoms. The Labute approximate surface area is 236 Å². The van der Waals surface area contributed by atoms with E-state index < -0.39 is 12.1 Å². The van der Waals surface area contributed by atoms with Crippen LogP contribution in [0.2, 0.25) is 5.15 Å². The second kappa shape index (κ2) is 13.8. The van der Waals surface area contributed by atoms with Crippen molar-refractivity contribution >= 4 is 23.3 Å². The number of amides is 1. The van der Waals surface area contributed by atoms with Crippen molar-refractivity contribution in [2.75, 3.05) is 25.0 Å². The molecule has 4 N–H and O–H groups in total. The van der Waals surface area contributed by atoms with E-state index in [0.717, 1.165) is 35.3 Å². The number of hydrogen-bond acceptors (Lipinski definition) is 6. The molecule has 0 radical (unpaired) electrons. The summed E-state index contributed by atoms with van der Waals surface area (Å²) in [6.45, 7) is 8.59. The summed E-state index contributed by atoms with van der Waals surface area (Å²) in [6, 6.07) is 17.2. The van der Waals surface area contributed by atoms with Gasteiger partial charge in [-0.3, -0.25) is 4.79 Å². The van der Waals surface area contributed by atoms with Crippen molar-refractivity contribution in [1.29, 1.82) is 0 Å². The average Bonchev–Trinajstić information content (AvgIpc) is 2.89. The molecule has 0 unspecified atom stereocenters. The summed E-state index contributed by atoms with van der Waals surface area (Å²) in [5.41, 5.74) is 4.89. The Balaban J connectivity index is 1.54. The highest BCUT2D eigenvalue weighted by molar-refractivity contribution is 6.29. The van der Waals surface area contributed by atoms with E-state index in [4.69, 9.17) is 16.3 Å². The van der Waals surface area contributed by atoms with Gasteiger partial charge in [-0.2, -0.15) is 0 Å². The molecular formula is C31H39ClN4O3. The average molecular weight is 551 g/mol. The summed E-state index contributed by atoms with van der Waals surface area (Å²) in [4.78, 5) is 17.6. The van der Waals surface area contributed by atoms with Crippen LogP contribution in [0.5, 0.6) is 5.75 Å². The molecule has 7 nitrogen and oxygen atoms in total. The Hall–Kier alpha value is -3.13. The molecule has 0 saturated heterocycles. The molecule has 2 heterocycles. The molecule has 0 spiro atoms. The lowest BCUT2D eigenvalue weighted by Crippen LogP contribution is -2.48. The minimum atomic E-state index is -0.832. The number of ether oxygens (including phenoxy) is 1. The number of fused-ring (bicyclic) bond motifs is 4. The van der Waals surface area contributed by atoms with Gasteiger partial charge in [0.25, 0.3) is 5.91 Å². The molecule has 3 aromatic rings. The van der Waals surface area contributed by atoms with Gasteiger partial charge in [0, 0.05) is 25.2 Å². The molecule has 4 bridgehead atoms. The lowest BCUT2D eigenvalue weighted by molar-refractivity contribution is 0.0830. The summed E-state index contributed by atoms with van der Waals surface area (Å²) in [5, 5.41) is 21.2. The Bertz CT molecular complexity index is 1270. The minimum Gasteiger partial charge on any atom is -0.494 e. The zero-order chi connectivity index (χ0) is 27.8. The van der Waals surface area contributed by atoms with Crippen molar-refractivity contribution in [3.63, 3.8) is 0 Å². The van der Waals surface area contributed by atoms with E-state index >= 15 is 0 Å². The number of aromatic nitrogens is 1. The third-order valence-corrected chi connectivity index (χ3v) is 7.04. The molecule has 8 heteroatoms. The smallest absolute Gasteiger partial charge is 0.251 e. The summed E-state index contributed by atoms with van der Waals surface area (Å²) >= 11 is 6.23. The second-order valence-corrected chi connectivity index (χ2v) is 11.0. The van der Waals surface area contributed by atoms with Crippen molar-refractivity contribution in [3.05, 3.63) is 87.6 Å². The normalized spacial score (nSPS) is 17.2. The van der Waals surface area contributed by atoms with Gasteiger partial charge in [0.2, 0.25) is 0 Å². The first kappa shape index (κ1) is 28.9. The number of benzene rings is 2. The van der Waals surface area contributed by atoms with E-state index in [1.807, 2.05) is 19.1 Å². The maximum atomic E-state index is 13.3. The fourth-order valence-electron chi connectivity index (χ4n) is 4.74. The predicted molar refractivity (Wildman–Crippen MR) is 157 cm³/mol. The quantitative estimate of drug-likeness (QED) is 0.313. The number of aliphatic hydroxyl groups excluding tert-OH is 1. The number of anilines is 1. The topological polar surface area (TPSA) is 95.5 Å². The van der Waals surface area contributed by atoms with Gasteiger partial charge < -0.3 is 25.8 Å². The van der Waals surface area contributed by atoms with Crippen molar-refractivity contribution in [3.8, 4) is 5.75 Å². The van der Waals surface area contributed by atoms with Crippen LogP contribution in [0.15, 0.2) is 54.6 Å². The summed E-state index contributed by atoms with van der Waals surface area (Å²) in [5.74, 6) is 1.48. The van der Waals surface area contributed by atoms with E-state index in [1.165, 1.54) is 5.56 Å². The molecular weight excluding hydrogens is 512 g/mol. The van der Waals surface area contributed by atoms with Crippen molar-refractivity contribution < 1.29 is 14.6 Å². The fraction of sp³-hybridized carbons (Fsp3) is 0.419. The van der Waals surface area contributed by atoms with Crippen LogP contribution in [0.3, 0.4) is 0 Å². The number of hydrogen-bond donors (Lipinski definition) is 4. The van der Waals surface area contributed by atoms with Gasteiger partial charge in [0.05, 0.1) is 18.8 Å². The third-order valence-electron chi connectivity index (χ3n) is 6.85. The first-order chi connectivity index (χ1) is 18.8. The van der Waals surface area contributed by atoms with Crippen LogP contribution < -0.4 is 20.7 Å². The van der Waals surface area contributed by atoms with Gasteiger partial charge in [-0.05, 0) is 78.6 Å². The van der Waals surface area contributed by atoms with Crippen molar-refractivity contribution in [1.82, 2.24) is 15.6 Å². The Morgan fingerprint density at radius 2 is 2.00 bits per heavy atom. The molecule has 2 atom stereocenters. The van der Waals surface area contributed by atoms with E-state index in [0.29, 0.717) is 50.0 Å². The van der Waals surface area contributed by atoms with Crippen molar-refractivity contribution in [2.45, 2.75) is 64.6 Å². The lowest BCUT2D eigenvalue weighted by Gasteiger charge is -2.25. The third kappa shape index (κ3) is 8.68. The van der Waals surface area contributed by atoms with E-state index in [1.54, 1.807) is 12.1 Å². The second-order valence-electron chi connectivity index (χ2n) is 10.6. The maximum Gasteiger partial charge on any atom is 0.251 e. The van der Waals surface area contributed by atoms with E-state index in [2.05, 4.69) is 65.1 Å². The first-order valence-corrected chi connectivity index (χ1v) is 14.1. The number of aryl methyl sites for hydroxylation is 1. The number of carbonyl (C=O) groups excluding carboxylic acids is 1. The number of nitrogens with zero attached hydrogens (tertiary/aromatic N) is 1. The van der Waals surface area contributed by atoms with Gasteiger partial charge in [-0.25, -0.2) is 4.98 Å². The molecule has 1 aliphatic heterocycles. The maximum absolute atomic E-state index is 13.3. The number of aliphatic hydroxyl groups is 1. The highest BCUT2D eigenvalue weighted by atomic mass is 35.5. The van der Waals surface area contributed by atoms with E-state index in [9.17, 15) is 9.90 Å². The Morgan fingerprint density at radius 1 is 1.15 bits per heavy atom. The number of rotatable bonds is 6. The van der Waals surface area contributed by atoms with Crippen LogP contribution in [0, 0.1) is 6.92 Å². The molecule has 1 aliphatic rings. The molecule has 2 aromatic carbocycles. The monoisotopic (exact) mass is 550 g/mol. The zero-order valence-electron chi connectivity index (χ0n) is 23.0. The first-order valence-electron chi connectivity index (χ1n) is 13.7. The Morgan fingerprint density at radius 3 is 2.82 bits per heavy atom. The molecule has 0 aliphatic carbocycles. The lowest BCUT2D eigenvalue weighted by atomic mass is 9.98. The molecule has 1 amide bonds. The van der Waals surface area contributed by atoms with Crippen molar-refractivity contribution in [2.24, 2.45) is 0 Å². The van der Waals surface area contributed by atoms with Crippen LogP contribution in [0.1, 0.15) is 65.2 Å². The minimum absolute atomic E-state index is 0.236. The Kier molecular flexibility index (Phi) is 10.2. The summed E-state index contributed by atoms with van der Waals surface area (Å²) < 4.78 is 6.02. The van der Waals surface area contributed by atoms with Gasteiger partial charge >= 0.3 is 0 Å². The number of pyridine rings is 1. The number of carbonyl (C=O) groups is 1. The van der Waals surface area contributed by atoms with Crippen LogP contribution in [0.4, 0.5) is 5.82 Å². The van der Waals surface area contributed by atoms with Crippen LogP contribution in [-0.4, -0.2) is 47.8 Å². The largest absolute Gasteiger partial charge is 0.494 e. The summed E-state index contributed by atoms with van der Waals surface area (Å²) in [7, 11) is 0. The van der Waals surface area contributed by atoms with E-state index in [-0.39, 0.29) is 11.1 Å². The van der Waals surface area contributed by atoms with Crippen LogP contribution in [-0.2, 0) is 13.0 Å². The fourth-order valence-corrected chi connectivity index (χ4v) is 4.94. The molecule has 1 aromatic heterocycles. The number of nitrogens with one attached hydrogen (secondary N) is 3. The standard InChI is InChI=1S/C31H39ClN4O3/c1-20(2)24-8-6-7-22(13-24)18-33-19-28(37)27-15-23-11-21(3)12-26(14-23)39-10-5-4-9-34-30-17-25(31(38)35-27)16-29(32)36-30/h6-8,11-14,16-17,20,27-28,33,37H,4-5,9-10,15,18-19H2,1-3H3,(H,34,36)(H,35,38)/t27-,28+/m0/s1. The highest BCUT2D eigenvalue weighted by Gasteiger charge is 2.23. The van der Waals surface area contributed by atoms with Gasteiger partial charge in [0.15, 0.2) is 0 Å². The molecule has 0 fully saturated rings. The summed E-state index contributed by atoms with van der Waals surface area (Å²) in [6.07, 6.45) is 1.37. The SMILES string of the molecule is Cc1cc2cc(c1)OCCCCNc1cc(cc(Cl)n1)C(=O)N[C@H]([C@H](O)CNCc1cccc(C(C)C)c1)C2. The molecule has 0 saturated carbocycles. The van der Waals surface area contributed by atoms with Gasteiger partial charge in [-0.1, -0.05) is 55.8 Å². The van der Waals surface area contributed by atoms with Gasteiger partial charge in [-0.15, -0.1) is 0 Å². The highest BCUT2D eigenvalue weighted by Crippen LogP contribution is 2.21. The molecule has 208 valence electrons. The van der Waals surface area contributed by atoms with Crippen LogP contribution >= 0.6 is 11.6 Å². The number of halogens is 1. The predicted octanol–water partition coefficient (Wildman–Crippen LogP) is 5.24.